The summed E-state index contributed by atoms with van der Waals surface area (Å²) in [6.45, 7) is 0. The molecule has 0 bridgehead atoms. The van der Waals surface area contributed by atoms with E-state index in [9.17, 15) is 19.7 Å². The van der Waals surface area contributed by atoms with Crippen molar-refractivity contribution < 1.29 is 14.5 Å². The molecule has 0 heterocycles. The molecule has 1 aromatic carbocycles. The number of aldehydes is 2. The highest BCUT2D eigenvalue weighted by molar-refractivity contribution is 6.33. The van der Waals surface area contributed by atoms with Gasteiger partial charge in [0, 0.05) is 5.56 Å². The fraction of sp³-hybridized carbons (Fsp3) is 0. The van der Waals surface area contributed by atoms with Crippen molar-refractivity contribution in [3.05, 3.63) is 38.4 Å². The Labute approximate surface area is 83.4 Å². The molecule has 14 heavy (non-hydrogen) atoms. The molecule has 5 nitrogen and oxygen atoms in total. The van der Waals surface area contributed by atoms with Crippen LogP contribution in [0.5, 0.6) is 0 Å². The summed E-state index contributed by atoms with van der Waals surface area (Å²) in [7, 11) is 0. The zero-order valence-corrected chi connectivity index (χ0v) is 7.52. The van der Waals surface area contributed by atoms with E-state index < -0.39 is 10.6 Å². The van der Waals surface area contributed by atoms with Crippen LogP contribution in [0.1, 0.15) is 20.7 Å². The predicted octanol–water partition coefficient (Wildman–Crippen LogP) is 1.87. The third-order valence-electron chi connectivity index (χ3n) is 1.56. The molecule has 0 spiro atoms. The first-order valence-corrected chi connectivity index (χ1v) is 3.86. The van der Waals surface area contributed by atoms with Gasteiger partial charge < -0.3 is 0 Å². The summed E-state index contributed by atoms with van der Waals surface area (Å²) in [5, 5.41) is 10.3. The van der Waals surface area contributed by atoms with Crippen LogP contribution in [-0.4, -0.2) is 17.5 Å². The minimum atomic E-state index is -0.763. The van der Waals surface area contributed by atoms with Crippen LogP contribution in [-0.2, 0) is 0 Å². The average molecular weight is 214 g/mol. The van der Waals surface area contributed by atoms with E-state index >= 15 is 0 Å². The number of hydrogen-bond donors (Lipinski definition) is 0. The minimum Gasteiger partial charge on any atom is -0.298 e. The number of carbonyl (C=O) groups excluding carboxylic acids is 2. The highest BCUT2D eigenvalue weighted by Crippen LogP contribution is 2.28. The van der Waals surface area contributed by atoms with Crippen molar-refractivity contribution in [2.45, 2.75) is 0 Å². The number of hydrogen-bond acceptors (Lipinski definition) is 4. The number of nitrogens with zero attached hydrogens (tertiary/aromatic N) is 1. The van der Waals surface area contributed by atoms with Gasteiger partial charge in [-0.2, -0.15) is 0 Å². The molecule has 0 unspecified atom stereocenters. The Hall–Kier alpha value is -1.75. The number of benzene rings is 1. The molecule has 0 amide bonds. The van der Waals surface area contributed by atoms with E-state index in [2.05, 4.69) is 0 Å². The Bertz CT molecular complexity index is 416. The Kier molecular flexibility index (Phi) is 2.93. The summed E-state index contributed by atoms with van der Waals surface area (Å²) in [5.74, 6) is 0. The van der Waals surface area contributed by atoms with E-state index in [0.29, 0.717) is 6.29 Å². The maximum atomic E-state index is 10.5. The Morgan fingerprint density at radius 1 is 1.29 bits per heavy atom. The van der Waals surface area contributed by atoms with Crippen LogP contribution in [0.25, 0.3) is 0 Å². The van der Waals surface area contributed by atoms with Gasteiger partial charge in [0.05, 0.1) is 10.5 Å². The van der Waals surface area contributed by atoms with E-state index in [1.165, 1.54) is 0 Å². The molecule has 0 atom stereocenters. The lowest BCUT2D eigenvalue weighted by atomic mass is 10.1. The van der Waals surface area contributed by atoms with Gasteiger partial charge in [-0.15, -0.1) is 0 Å². The lowest BCUT2D eigenvalue weighted by molar-refractivity contribution is -0.384. The van der Waals surface area contributed by atoms with E-state index in [0.717, 1.165) is 12.1 Å². The first-order chi connectivity index (χ1) is 6.60. The quantitative estimate of drug-likeness (QED) is 0.436. The summed E-state index contributed by atoms with van der Waals surface area (Å²) in [4.78, 5) is 30.5. The van der Waals surface area contributed by atoms with Gasteiger partial charge in [0.25, 0.3) is 5.69 Å². The van der Waals surface area contributed by atoms with Gasteiger partial charge in [0.2, 0.25) is 0 Å². The zero-order valence-electron chi connectivity index (χ0n) is 6.77. The van der Waals surface area contributed by atoms with Gasteiger partial charge in [-0.25, -0.2) is 0 Å². The molecule has 1 aromatic rings. The monoisotopic (exact) mass is 213 g/mol. The zero-order chi connectivity index (χ0) is 10.7. The molecule has 0 aliphatic heterocycles. The molecule has 0 radical (unpaired) electrons. The van der Waals surface area contributed by atoms with Crippen LogP contribution < -0.4 is 0 Å². The topological polar surface area (TPSA) is 77.3 Å². The van der Waals surface area contributed by atoms with Crippen molar-refractivity contribution in [1.29, 1.82) is 0 Å². The highest BCUT2D eigenvalue weighted by Gasteiger charge is 2.19. The van der Waals surface area contributed by atoms with Gasteiger partial charge in [0.1, 0.15) is 11.3 Å². The molecule has 0 aliphatic carbocycles. The summed E-state index contributed by atoms with van der Waals surface area (Å²) in [5.41, 5.74) is -0.556. The lowest BCUT2D eigenvalue weighted by Crippen LogP contribution is -1.97. The molecular formula is C8H4ClNO4. The largest absolute Gasteiger partial charge is 0.298 e. The molecule has 0 aliphatic rings. The molecule has 0 N–H and O–H groups in total. The third-order valence-corrected chi connectivity index (χ3v) is 1.85. The number of nitro benzene ring substituents is 1. The average Bonchev–Trinajstić information content (AvgIpc) is 2.15. The number of nitro groups is 1. The Balaban J connectivity index is 3.49. The van der Waals surface area contributed by atoms with Crippen LogP contribution in [0.4, 0.5) is 5.69 Å². The molecule has 6 heteroatoms. The van der Waals surface area contributed by atoms with E-state index in [-0.39, 0.29) is 22.4 Å². The van der Waals surface area contributed by atoms with E-state index in [1.807, 2.05) is 0 Å². The lowest BCUT2D eigenvalue weighted by Gasteiger charge is -1.99. The third kappa shape index (κ3) is 1.77. The summed E-state index contributed by atoms with van der Waals surface area (Å²) in [6, 6.07) is 2.25. The van der Waals surface area contributed by atoms with Gasteiger partial charge in [-0.1, -0.05) is 11.6 Å². The van der Waals surface area contributed by atoms with Crippen LogP contribution in [0.3, 0.4) is 0 Å². The fourth-order valence-corrected chi connectivity index (χ4v) is 1.30. The second-order valence-corrected chi connectivity index (χ2v) is 2.84. The van der Waals surface area contributed by atoms with Crippen molar-refractivity contribution in [1.82, 2.24) is 0 Å². The van der Waals surface area contributed by atoms with Crippen molar-refractivity contribution in [2.75, 3.05) is 0 Å². The van der Waals surface area contributed by atoms with Crippen LogP contribution >= 0.6 is 11.6 Å². The van der Waals surface area contributed by atoms with Crippen molar-refractivity contribution in [3.8, 4) is 0 Å². The summed E-state index contributed by atoms with van der Waals surface area (Å²) < 4.78 is 0. The van der Waals surface area contributed by atoms with Crippen molar-refractivity contribution in [2.24, 2.45) is 0 Å². The minimum absolute atomic E-state index is 0.128. The highest BCUT2D eigenvalue weighted by atomic mass is 35.5. The number of halogens is 1. The van der Waals surface area contributed by atoms with Gasteiger partial charge >= 0.3 is 0 Å². The molecule has 0 aromatic heterocycles. The van der Waals surface area contributed by atoms with E-state index in [4.69, 9.17) is 11.6 Å². The summed E-state index contributed by atoms with van der Waals surface area (Å²) >= 11 is 5.53. The number of carbonyl (C=O) groups is 2. The predicted molar refractivity (Wildman–Crippen MR) is 48.9 cm³/mol. The summed E-state index contributed by atoms with van der Waals surface area (Å²) in [6.07, 6.45) is 0.750. The molecule has 72 valence electrons. The van der Waals surface area contributed by atoms with Gasteiger partial charge in [-0.3, -0.25) is 19.7 Å². The normalized spacial score (nSPS) is 9.50. The first kappa shape index (κ1) is 10.3. The van der Waals surface area contributed by atoms with Gasteiger partial charge in [-0.05, 0) is 12.1 Å². The maximum Gasteiger partial charge on any atom is 0.298 e. The van der Waals surface area contributed by atoms with Crippen LogP contribution in [0.2, 0.25) is 5.02 Å². The Morgan fingerprint density at radius 2 is 1.93 bits per heavy atom. The SMILES string of the molecule is O=Cc1cc(Cl)c([N+](=O)[O-])c(C=O)c1. The maximum absolute atomic E-state index is 10.5. The number of rotatable bonds is 3. The molecule has 0 saturated carbocycles. The van der Waals surface area contributed by atoms with Crippen molar-refractivity contribution in [3.63, 3.8) is 0 Å². The molecule has 0 saturated heterocycles. The molecule has 0 fully saturated rings. The second-order valence-electron chi connectivity index (χ2n) is 2.43. The van der Waals surface area contributed by atoms with Crippen LogP contribution in [0, 0.1) is 10.1 Å². The second kappa shape index (κ2) is 3.97. The standard InChI is InChI=1S/C8H4ClNO4/c9-7-2-5(3-11)1-6(4-12)8(7)10(13)14/h1-4H. The van der Waals surface area contributed by atoms with Gasteiger partial charge in [0.15, 0.2) is 6.29 Å². The Morgan fingerprint density at radius 3 is 2.36 bits per heavy atom. The van der Waals surface area contributed by atoms with Crippen LogP contribution in [0.15, 0.2) is 12.1 Å². The molecule has 1 rings (SSSR count). The van der Waals surface area contributed by atoms with Crippen molar-refractivity contribution >= 4 is 29.9 Å². The fourth-order valence-electron chi connectivity index (χ4n) is 0.993. The first-order valence-electron chi connectivity index (χ1n) is 3.48. The smallest absolute Gasteiger partial charge is 0.298 e. The van der Waals surface area contributed by atoms with E-state index in [1.54, 1.807) is 0 Å². The molecular weight excluding hydrogens is 210 g/mol.